The third-order valence-electron chi connectivity index (χ3n) is 12.8. The number of esters is 4. The first-order chi connectivity index (χ1) is 26.9. The predicted octanol–water partition coefficient (Wildman–Crippen LogP) is 4.14. The van der Waals surface area contributed by atoms with Crippen LogP contribution in [0.5, 0.6) is 0 Å². The number of rotatable bonds is 10. The Labute approximate surface area is 338 Å². The maximum atomic E-state index is 15.4. The molecule has 11 atom stereocenters. The fraction of sp³-hybridized carbons (Fsp3) is 0.674. The standard InChI is InChI=1S/C43H57NO14/c1-21(2)16-27(44-38(51)58-39(6,7)8)31(47)37(50)55-28-19-43(52)35(56-36(49)25-14-12-11-13-15-25)33-41(18-26(41)17-29-42(33,20-53-29)57-24(5)46)34(48)32(54-23(4)45)30(22(28)3)40(43,9)10/h11-15,21,26-29,31-33,35,47,52H,16-20H2,1-10H3,(H,44,51)/t26-,27+,28+,29-,31-,32-,33+,35-,41-,42+,43-/m1/s1. The molecule has 1 aromatic carbocycles. The Hall–Kier alpha value is -4.34. The van der Waals surface area contributed by atoms with Crippen LogP contribution in [0, 0.1) is 28.6 Å². The van der Waals surface area contributed by atoms with Gasteiger partial charge >= 0.3 is 30.0 Å². The van der Waals surface area contributed by atoms with E-state index in [-0.39, 0.29) is 48.0 Å². The summed E-state index contributed by atoms with van der Waals surface area (Å²) in [5, 5.41) is 27.7. The second-order valence-corrected chi connectivity index (χ2v) is 18.7. The molecule has 0 unspecified atom stereocenters. The molecule has 3 N–H and O–H groups in total. The summed E-state index contributed by atoms with van der Waals surface area (Å²) in [5.41, 5.74) is -6.97. The number of carbonyl (C=O) groups is 6. The van der Waals surface area contributed by atoms with Crippen molar-refractivity contribution in [3.63, 3.8) is 0 Å². The van der Waals surface area contributed by atoms with Gasteiger partial charge in [-0.15, -0.1) is 0 Å². The summed E-state index contributed by atoms with van der Waals surface area (Å²) in [6, 6.07) is 6.94. The number of aliphatic hydroxyl groups is 2. The summed E-state index contributed by atoms with van der Waals surface area (Å²) in [6.45, 7) is 15.8. The third-order valence-corrected chi connectivity index (χ3v) is 12.8. The molecule has 15 heteroatoms. The zero-order valence-corrected chi connectivity index (χ0v) is 34.9. The summed E-state index contributed by atoms with van der Waals surface area (Å²) in [5.74, 6) is -5.62. The molecule has 1 saturated heterocycles. The van der Waals surface area contributed by atoms with Gasteiger partial charge in [0.25, 0.3) is 0 Å². The third kappa shape index (κ3) is 7.31. The number of ether oxygens (including phenoxy) is 6. The summed E-state index contributed by atoms with van der Waals surface area (Å²) >= 11 is 0. The topological polar surface area (TPSA) is 210 Å². The smallest absolute Gasteiger partial charge is 0.407 e. The Morgan fingerprint density at radius 1 is 0.983 bits per heavy atom. The van der Waals surface area contributed by atoms with Crippen molar-refractivity contribution >= 4 is 35.8 Å². The van der Waals surface area contributed by atoms with Crippen molar-refractivity contribution in [2.24, 2.45) is 28.6 Å². The lowest BCUT2D eigenvalue weighted by Gasteiger charge is -2.64. The van der Waals surface area contributed by atoms with Crippen LogP contribution in [0.15, 0.2) is 41.5 Å². The normalized spacial score (nSPS) is 34.3. The lowest BCUT2D eigenvalue weighted by Crippen LogP contribution is -2.78. The SMILES string of the molecule is CC(=O)O[C@H]1C(=O)[C@]23C[C@H]2C[C@H]2OC[C@@]2(OC(C)=O)[C@H]3[C@@H](OC(=O)c2ccccc2)[C@]2(O)C[C@H](OC(=O)[C@H](O)[C@H](CC(C)C)NC(=O)OC(C)(C)C)C(C)=C1C2(C)C. The van der Waals surface area contributed by atoms with E-state index >= 15 is 4.79 Å². The first-order valence-corrected chi connectivity index (χ1v) is 20.0. The zero-order chi connectivity index (χ0) is 42.9. The molecule has 4 fully saturated rings. The van der Waals surface area contributed by atoms with Crippen LogP contribution in [-0.4, -0.2) is 106 Å². The number of benzene rings is 1. The van der Waals surface area contributed by atoms with E-state index < -0.39 is 112 Å². The van der Waals surface area contributed by atoms with E-state index in [1.54, 1.807) is 59.7 Å². The molecule has 15 nitrogen and oxygen atoms in total. The summed E-state index contributed by atoms with van der Waals surface area (Å²) in [6.07, 6.45) is -7.71. The minimum atomic E-state index is -2.22. The maximum absolute atomic E-state index is 15.4. The molecular formula is C43H57NO14. The molecule has 58 heavy (non-hydrogen) atoms. The lowest BCUT2D eigenvalue weighted by molar-refractivity contribution is -0.323. The van der Waals surface area contributed by atoms with Crippen molar-refractivity contribution in [3.8, 4) is 0 Å². The number of fused-ring (bicyclic) bond motifs is 4. The number of hydrogen-bond donors (Lipinski definition) is 3. The van der Waals surface area contributed by atoms with Crippen LogP contribution in [0.1, 0.15) is 105 Å². The van der Waals surface area contributed by atoms with Crippen molar-refractivity contribution in [1.29, 1.82) is 0 Å². The second-order valence-electron chi connectivity index (χ2n) is 18.7. The molecule has 1 aliphatic heterocycles. The fourth-order valence-electron chi connectivity index (χ4n) is 10.2. The highest BCUT2D eigenvalue weighted by atomic mass is 16.6. The van der Waals surface area contributed by atoms with Gasteiger partial charge in [-0.3, -0.25) is 14.4 Å². The number of alkyl carbamates (subject to hydrolysis) is 1. The van der Waals surface area contributed by atoms with Gasteiger partial charge in [-0.1, -0.05) is 45.9 Å². The predicted molar refractivity (Wildman–Crippen MR) is 204 cm³/mol. The molecule has 4 aliphatic carbocycles. The fourth-order valence-corrected chi connectivity index (χ4v) is 10.2. The Kier molecular flexibility index (Phi) is 11.2. The molecule has 318 valence electrons. The van der Waals surface area contributed by atoms with E-state index in [1.165, 1.54) is 19.1 Å². The van der Waals surface area contributed by atoms with Crippen molar-refractivity contribution in [2.45, 2.75) is 148 Å². The minimum Gasteiger partial charge on any atom is -0.456 e. The van der Waals surface area contributed by atoms with E-state index in [9.17, 15) is 34.2 Å². The molecule has 5 aliphatic rings. The number of hydrogen-bond acceptors (Lipinski definition) is 14. The number of Topliss-reactive ketones (excluding diaryl/α,β-unsaturated/α-hetero) is 1. The molecule has 0 aromatic heterocycles. The molecule has 1 amide bonds. The molecule has 2 bridgehead atoms. The van der Waals surface area contributed by atoms with Gasteiger partial charge in [0.15, 0.2) is 23.6 Å². The van der Waals surface area contributed by atoms with E-state index in [4.69, 9.17) is 28.4 Å². The molecule has 1 spiro atoms. The first kappa shape index (κ1) is 43.2. The van der Waals surface area contributed by atoms with Gasteiger partial charge in [0.05, 0.1) is 24.1 Å². The Morgan fingerprint density at radius 2 is 1.64 bits per heavy atom. The van der Waals surface area contributed by atoms with Crippen molar-refractivity contribution < 1.29 is 67.4 Å². The van der Waals surface area contributed by atoms with Crippen LogP contribution in [0.3, 0.4) is 0 Å². The van der Waals surface area contributed by atoms with Gasteiger partial charge in [-0.2, -0.15) is 0 Å². The number of carbonyl (C=O) groups excluding carboxylic acids is 6. The molecule has 0 radical (unpaired) electrons. The monoisotopic (exact) mass is 811 g/mol. The highest BCUT2D eigenvalue weighted by Gasteiger charge is 2.84. The second kappa shape index (κ2) is 15.0. The number of amides is 1. The van der Waals surface area contributed by atoms with E-state index in [0.717, 1.165) is 6.92 Å². The minimum absolute atomic E-state index is 0.0949. The van der Waals surface area contributed by atoms with Gasteiger partial charge < -0.3 is 44.0 Å². The van der Waals surface area contributed by atoms with E-state index in [0.29, 0.717) is 6.42 Å². The lowest BCUT2D eigenvalue weighted by atomic mass is 9.48. The van der Waals surface area contributed by atoms with Gasteiger partial charge in [0, 0.05) is 31.1 Å². The van der Waals surface area contributed by atoms with Crippen LogP contribution in [-0.2, 0) is 47.6 Å². The Morgan fingerprint density at radius 3 is 2.19 bits per heavy atom. The van der Waals surface area contributed by atoms with Gasteiger partial charge in [0.1, 0.15) is 29.5 Å². The molecule has 6 rings (SSSR count). The van der Waals surface area contributed by atoms with E-state index in [1.807, 2.05) is 13.8 Å². The van der Waals surface area contributed by atoms with Crippen molar-refractivity contribution in [2.75, 3.05) is 6.61 Å². The van der Waals surface area contributed by atoms with Crippen LogP contribution < -0.4 is 5.32 Å². The number of ketones is 1. The average molecular weight is 812 g/mol. The first-order valence-electron chi connectivity index (χ1n) is 20.0. The number of aliphatic hydroxyl groups excluding tert-OH is 1. The molecule has 1 aromatic rings. The molecule has 1 heterocycles. The van der Waals surface area contributed by atoms with Crippen LogP contribution in [0.2, 0.25) is 0 Å². The average Bonchev–Trinajstić information content (AvgIpc) is 3.83. The molecule has 3 saturated carbocycles. The van der Waals surface area contributed by atoms with E-state index in [2.05, 4.69) is 5.32 Å². The summed E-state index contributed by atoms with van der Waals surface area (Å²) < 4.78 is 35.9. The highest BCUT2D eigenvalue weighted by molar-refractivity contribution is 5.97. The Bertz CT molecular complexity index is 1880. The maximum Gasteiger partial charge on any atom is 0.407 e. The van der Waals surface area contributed by atoms with Gasteiger partial charge in [-0.25, -0.2) is 14.4 Å². The van der Waals surface area contributed by atoms with Crippen LogP contribution >= 0.6 is 0 Å². The highest BCUT2D eigenvalue weighted by Crippen LogP contribution is 2.74. The number of nitrogens with one attached hydrogen (secondary N) is 1. The quantitative estimate of drug-likeness (QED) is 0.172. The van der Waals surface area contributed by atoms with Crippen LogP contribution in [0.4, 0.5) is 4.79 Å². The summed E-state index contributed by atoms with van der Waals surface area (Å²) in [4.78, 5) is 82.3. The molecular weight excluding hydrogens is 754 g/mol. The van der Waals surface area contributed by atoms with Crippen LogP contribution in [0.25, 0.3) is 0 Å². The Balaban J connectivity index is 1.50. The zero-order valence-electron chi connectivity index (χ0n) is 34.9. The van der Waals surface area contributed by atoms with Crippen molar-refractivity contribution in [1.82, 2.24) is 5.32 Å². The van der Waals surface area contributed by atoms with Crippen molar-refractivity contribution in [3.05, 3.63) is 47.0 Å². The van der Waals surface area contributed by atoms with Gasteiger partial charge in [0.2, 0.25) is 0 Å². The largest absolute Gasteiger partial charge is 0.456 e. The summed E-state index contributed by atoms with van der Waals surface area (Å²) in [7, 11) is 0. The van der Waals surface area contributed by atoms with Gasteiger partial charge in [-0.05, 0) is 82.1 Å².